The van der Waals surface area contributed by atoms with Crippen molar-refractivity contribution in [3.05, 3.63) is 30.2 Å². The molecular weight excluding hydrogens is 128 g/mol. The maximum atomic E-state index is 10.8. The molecule has 10 heavy (non-hydrogen) atoms. The molecule has 0 bridgehead atoms. The van der Waals surface area contributed by atoms with Crippen LogP contribution in [0.5, 0.6) is 0 Å². The zero-order chi connectivity index (χ0) is 7.56. The fourth-order valence-electron chi connectivity index (χ4n) is 0.757. The Hall–Kier alpha value is -1.31. The van der Waals surface area contributed by atoms with Crippen molar-refractivity contribution in [2.24, 2.45) is 0 Å². The van der Waals surface area contributed by atoms with Crippen LogP contribution in [0.2, 0.25) is 0 Å². The molecule has 1 aliphatic carbocycles. The van der Waals surface area contributed by atoms with Crippen LogP contribution < -0.4 is 0 Å². The molecule has 2 nitrogen and oxygen atoms in total. The van der Waals surface area contributed by atoms with Crippen LogP contribution in [0.1, 0.15) is 6.92 Å². The zero-order valence-electron chi connectivity index (χ0n) is 5.63. The maximum absolute atomic E-state index is 10.8. The fraction of sp³-hybridized carbons (Fsp3) is 0.125. The lowest BCUT2D eigenvalue weighted by molar-refractivity contribution is -0.118. The molecule has 0 saturated carbocycles. The largest absolute Gasteiger partial charge is 0.296 e. The van der Waals surface area contributed by atoms with Crippen LogP contribution in [-0.4, -0.2) is 11.6 Å². The lowest BCUT2D eigenvalue weighted by Crippen LogP contribution is -2.11. The highest BCUT2D eigenvalue weighted by molar-refractivity contribution is 6.23. The van der Waals surface area contributed by atoms with Gasteiger partial charge in [0.25, 0.3) is 5.78 Å². The first kappa shape index (κ1) is 6.81. The van der Waals surface area contributed by atoms with E-state index in [9.17, 15) is 9.59 Å². The lowest BCUT2D eigenvalue weighted by Gasteiger charge is -1.92. The number of carbonyl (C=O) groups excluding carboxylic acids is 2. The van der Waals surface area contributed by atoms with Gasteiger partial charge in [-0.15, -0.1) is 0 Å². The fourth-order valence-corrected chi connectivity index (χ4v) is 0.757. The van der Waals surface area contributed by atoms with E-state index < -0.39 is 0 Å². The van der Waals surface area contributed by atoms with Crippen LogP contribution >= 0.6 is 0 Å². The minimum absolute atomic E-state index is 0.175. The van der Waals surface area contributed by atoms with Gasteiger partial charge in [-0.25, -0.2) is 0 Å². The number of ketones is 2. The lowest BCUT2D eigenvalue weighted by atomic mass is 10.0. The van der Waals surface area contributed by atoms with Crippen molar-refractivity contribution in [3.8, 4) is 0 Å². The molecule has 0 fully saturated rings. The first-order chi connectivity index (χ1) is 4.72. The summed E-state index contributed by atoms with van der Waals surface area (Å²) in [5.74, 6) is -0.374. The summed E-state index contributed by atoms with van der Waals surface area (Å²) in [7, 11) is 0. The zero-order valence-corrected chi connectivity index (χ0v) is 5.63. The van der Waals surface area contributed by atoms with Gasteiger partial charge in [0.05, 0.1) is 18.6 Å². The average Bonchev–Trinajstić information content (AvgIpc) is 1.88. The molecule has 2 heteroatoms. The number of Topliss-reactive ketones (excluding diaryl/α,β-unsaturated/α-hetero) is 2. The van der Waals surface area contributed by atoms with Gasteiger partial charge in [-0.1, -0.05) is 0 Å². The molecule has 0 N–H and O–H groups in total. The second-order valence-electron chi connectivity index (χ2n) is 2.05. The van der Waals surface area contributed by atoms with Gasteiger partial charge in [-0.05, 0) is 0 Å². The minimum atomic E-state index is -0.199. The third kappa shape index (κ3) is 1.16. The monoisotopic (exact) mass is 135 g/mol. The first-order valence-corrected chi connectivity index (χ1v) is 2.99. The summed E-state index contributed by atoms with van der Waals surface area (Å²) in [6.45, 7) is 1.39. The Morgan fingerprint density at radius 3 is 2.70 bits per heavy atom. The molecule has 0 atom stereocenters. The SMILES string of the molecule is CC(=O)C1=CC=C[CH+]C1=O. The highest BCUT2D eigenvalue weighted by Crippen LogP contribution is 2.06. The Balaban J connectivity index is 2.91. The predicted molar refractivity (Wildman–Crippen MR) is 37.2 cm³/mol. The standard InChI is InChI=1S/C8H7O2/c1-6(9)7-4-2-3-5-8(7)10/h2-5H,1H3/q+1. The van der Waals surface area contributed by atoms with E-state index in [1.165, 1.54) is 19.4 Å². The molecule has 50 valence electrons. The van der Waals surface area contributed by atoms with E-state index in [0.29, 0.717) is 0 Å². The molecule has 0 aliphatic heterocycles. The van der Waals surface area contributed by atoms with E-state index in [0.717, 1.165) is 0 Å². The van der Waals surface area contributed by atoms with E-state index in [2.05, 4.69) is 0 Å². The number of rotatable bonds is 1. The summed E-state index contributed by atoms with van der Waals surface area (Å²) in [6.07, 6.45) is 6.22. The van der Waals surface area contributed by atoms with Gasteiger partial charge in [0.2, 0.25) is 5.78 Å². The summed E-state index contributed by atoms with van der Waals surface area (Å²) in [5, 5.41) is 0. The van der Waals surface area contributed by atoms with Crippen LogP contribution in [-0.2, 0) is 9.59 Å². The summed E-state index contributed by atoms with van der Waals surface area (Å²) in [5.41, 5.74) is 0.266. The van der Waals surface area contributed by atoms with Gasteiger partial charge >= 0.3 is 0 Å². The van der Waals surface area contributed by atoms with Crippen LogP contribution in [0.3, 0.4) is 0 Å². The Kier molecular flexibility index (Phi) is 1.71. The van der Waals surface area contributed by atoms with E-state index in [1.54, 1.807) is 12.2 Å². The molecule has 0 saturated heterocycles. The Morgan fingerprint density at radius 1 is 1.60 bits per heavy atom. The molecule has 1 rings (SSSR count). The second-order valence-corrected chi connectivity index (χ2v) is 2.05. The van der Waals surface area contributed by atoms with Crippen molar-refractivity contribution in [2.45, 2.75) is 6.92 Å². The summed E-state index contributed by atoms with van der Waals surface area (Å²) >= 11 is 0. The number of carbonyl (C=O) groups is 2. The molecule has 0 aromatic heterocycles. The van der Waals surface area contributed by atoms with Crippen LogP contribution in [0, 0.1) is 6.42 Å². The summed E-state index contributed by atoms with van der Waals surface area (Å²) in [6, 6.07) is 0. The molecule has 0 spiro atoms. The molecule has 0 unspecified atom stereocenters. The van der Waals surface area contributed by atoms with Gasteiger partial charge < -0.3 is 0 Å². The number of hydrogen-bond acceptors (Lipinski definition) is 2. The van der Waals surface area contributed by atoms with E-state index in [1.807, 2.05) is 0 Å². The Morgan fingerprint density at radius 2 is 2.30 bits per heavy atom. The third-order valence-corrected chi connectivity index (χ3v) is 1.27. The molecule has 0 aromatic rings. The van der Waals surface area contributed by atoms with E-state index >= 15 is 0 Å². The normalized spacial score (nSPS) is 16.1. The van der Waals surface area contributed by atoms with E-state index in [-0.39, 0.29) is 17.1 Å². The smallest absolute Gasteiger partial charge is 0.278 e. The van der Waals surface area contributed by atoms with E-state index in [4.69, 9.17) is 0 Å². The van der Waals surface area contributed by atoms with Crippen molar-refractivity contribution in [3.63, 3.8) is 0 Å². The number of hydrogen-bond donors (Lipinski definition) is 0. The van der Waals surface area contributed by atoms with Crippen molar-refractivity contribution in [2.75, 3.05) is 0 Å². The van der Waals surface area contributed by atoms with Crippen molar-refractivity contribution in [1.82, 2.24) is 0 Å². The van der Waals surface area contributed by atoms with Crippen molar-refractivity contribution >= 4 is 11.6 Å². The predicted octanol–water partition coefficient (Wildman–Crippen LogP) is 0.845. The van der Waals surface area contributed by atoms with Crippen LogP contribution in [0.4, 0.5) is 0 Å². The summed E-state index contributed by atoms with van der Waals surface area (Å²) in [4.78, 5) is 21.5. The van der Waals surface area contributed by atoms with Gasteiger partial charge in [-0.2, -0.15) is 0 Å². The van der Waals surface area contributed by atoms with Crippen LogP contribution in [0.25, 0.3) is 0 Å². The third-order valence-electron chi connectivity index (χ3n) is 1.27. The molecular formula is C8H7O2+. The van der Waals surface area contributed by atoms with Gasteiger partial charge in [-0.3, -0.25) is 9.59 Å². The average molecular weight is 135 g/mol. The minimum Gasteiger partial charge on any atom is -0.278 e. The first-order valence-electron chi connectivity index (χ1n) is 2.99. The van der Waals surface area contributed by atoms with Gasteiger partial charge in [0.15, 0.2) is 5.57 Å². The van der Waals surface area contributed by atoms with Crippen LogP contribution in [0.15, 0.2) is 23.8 Å². The quantitative estimate of drug-likeness (QED) is 0.394. The highest BCUT2D eigenvalue weighted by atomic mass is 16.1. The summed E-state index contributed by atoms with van der Waals surface area (Å²) < 4.78 is 0. The molecule has 0 heterocycles. The number of allylic oxidation sites excluding steroid dienone is 4. The highest BCUT2D eigenvalue weighted by Gasteiger charge is 2.22. The Labute approximate surface area is 59.2 Å². The molecule has 1 aliphatic rings. The maximum Gasteiger partial charge on any atom is 0.296 e. The van der Waals surface area contributed by atoms with Gasteiger partial charge in [0, 0.05) is 13.0 Å². The second kappa shape index (κ2) is 2.52. The molecule has 0 aromatic carbocycles. The topological polar surface area (TPSA) is 34.1 Å². The van der Waals surface area contributed by atoms with Crippen molar-refractivity contribution in [1.29, 1.82) is 0 Å². The molecule has 0 amide bonds. The van der Waals surface area contributed by atoms with Crippen molar-refractivity contribution < 1.29 is 9.59 Å². The Bertz CT molecular complexity index is 234. The molecule has 0 radical (unpaired) electrons. The van der Waals surface area contributed by atoms with Gasteiger partial charge in [0.1, 0.15) is 0 Å².